The summed E-state index contributed by atoms with van der Waals surface area (Å²) in [6.07, 6.45) is 3.23. The van der Waals surface area contributed by atoms with Crippen LogP contribution in [0.1, 0.15) is 50.2 Å². The summed E-state index contributed by atoms with van der Waals surface area (Å²) < 4.78 is 5.64. The van der Waals surface area contributed by atoms with Crippen LogP contribution in [-0.2, 0) is 16.0 Å². The minimum atomic E-state index is -0.740. The minimum Gasteiger partial charge on any atom is -0.392 e. The maximum Gasteiger partial charge on any atom is 0.227 e. The van der Waals surface area contributed by atoms with Gasteiger partial charge in [0.1, 0.15) is 5.84 Å². The number of nitrogens with zero attached hydrogens (tertiary/aromatic N) is 2. The molecule has 1 aliphatic carbocycles. The molecule has 1 aliphatic rings. The van der Waals surface area contributed by atoms with Crippen molar-refractivity contribution in [3.63, 3.8) is 0 Å². The van der Waals surface area contributed by atoms with Crippen LogP contribution in [0.15, 0.2) is 23.2 Å². The molecule has 0 unspecified atom stereocenters. The number of amides is 1. The van der Waals surface area contributed by atoms with E-state index in [-0.39, 0.29) is 0 Å². The molecule has 144 valence electrons. The summed E-state index contributed by atoms with van der Waals surface area (Å²) in [6, 6.07) is 5.69. The third kappa shape index (κ3) is 5.29. The van der Waals surface area contributed by atoms with Crippen molar-refractivity contribution < 1.29 is 14.6 Å². The molecule has 0 aliphatic heterocycles. The molecule has 0 bridgehead atoms. The number of nitrogens with two attached hydrogens (primary N) is 1. The van der Waals surface area contributed by atoms with Crippen LogP contribution in [-0.4, -0.2) is 54.7 Å². The summed E-state index contributed by atoms with van der Waals surface area (Å²) in [6.45, 7) is 6.38. The maximum absolute atomic E-state index is 11.6. The Kier molecular flexibility index (Phi) is 7.60. The second-order valence-corrected chi connectivity index (χ2v) is 6.93. The molecule has 6 nitrogen and oxygen atoms in total. The molecule has 0 aromatic heterocycles. The predicted octanol–water partition coefficient (Wildman–Crippen LogP) is 2.36. The molecule has 0 saturated carbocycles. The lowest BCUT2D eigenvalue weighted by Gasteiger charge is -2.19. The highest BCUT2D eigenvalue weighted by molar-refractivity contribution is 5.85. The number of carbonyl (C=O) groups is 1. The van der Waals surface area contributed by atoms with Crippen LogP contribution in [0.4, 0.5) is 5.69 Å². The Morgan fingerprint density at radius 3 is 2.85 bits per heavy atom. The Labute approximate surface area is 156 Å². The number of carbonyl (C=O) groups excluding carboxylic acids is 1. The van der Waals surface area contributed by atoms with Gasteiger partial charge < -0.3 is 20.5 Å². The van der Waals surface area contributed by atoms with Gasteiger partial charge in [0.15, 0.2) is 0 Å². The van der Waals surface area contributed by atoms with Crippen molar-refractivity contribution in [3.8, 4) is 0 Å². The molecule has 0 radical (unpaired) electrons. The summed E-state index contributed by atoms with van der Waals surface area (Å²) in [5.74, 6) is -0.266. The van der Waals surface area contributed by atoms with Gasteiger partial charge in [0.2, 0.25) is 5.91 Å². The number of aliphatic imine (C=N–C) groups is 1. The number of unbranched alkanes of at least 4 members (excludes halogenated alkanes) is 2. The fraction of sp³-hybridized carbons (Fsp3) is 0.600. The van der Waals surface area contributed by atoms with Gasteiger partial charge >= 0.3 is 0 Å². The molecule has 1 aromatic carbocycles. The van der Waals surface area contributed by atoms with Crippen molar-refractivity contribution >= 4 is 17.4 Å². The topological polar surface area (TPSA) is 88.1 Å². The van der Waals surface area contributed by atoms with Crippen LogP contribution in [0.2, 0.25) is 0 Å². The highest BCUT2D eigenvalue weighted by Crippen LogP contribution is 2.35. The molecule has 2 atom stereocenters. The Bertz CT molecular complexity index is 645. The van der Waals surface area contributed by atoms with E-state index in [0.717, 1.165) is 42.2 Å². The Morgan fingerprint density at radius 1 is 1.38 bits per heavy atom. The largest absolute Gasteiger partial charge is 0.392 e. The number of hydrogen-bond acceptors (Lipinski definition) is 4. The number of amidine groups is 1. The molecule has 1 aromatic rings. The van der Waals surface area contributed by atoms with Gasteiger partial charge in [-0.2, -0.15) is 0 Å². The van der Waals surface area contributed by atoms with Crippen LogP contribution in [0.3, 0.4) is 0 Å². The van der Waals surface area contributed by atoms with Gasteiger partial charge in [-0.25, -0.2) is 4.99 Å². The summed E-state index contributed by atoms with van der Waals surface area (Å²) in [4.78, 5) is 18.3. The molecular formula is C20H31N3O3. The summed E-state index contributed by atoms with van der Waals surface area (Å²) in [7, 11) is 1.98. The zero-order valence-electron chi connectivity index (χ0n) is 16.1. The SMILES string of the molecule is CCCCCOCCN(C)C(C)=Nc1ccc2c(c1)[C@@H](C(N)=O)[C@H](O)C2. The smallest absolute Gasteiger partial charge is 0.227 e. The number of benzene rings is 1. The van der Waals surface area contributed by atoms with Gasteiger partial charge in [-0.1, -0.05) is 25.8 Å². The molecule has 2 rings (SSSR count). The zero-order chi connectivity index (χ0) is 19.1. The second kappa shape index (κ2) is 9.69. The summed E-state index contributed by atoms with van der Waals surface area (Å²) in [5.41, 5.74) is 7.96. The standard InChI is InChI=1S/C20H31N3O3/c1-4-5-6-10-26-11-9-23(3)14(2)22-16-8-7-15-12-18(24)19(20(21)25)17(15)13-16/h7-8,13,18-19,24H,4-6,9-12H2,1-3H3,(H2,21,25)/t18-,19-/m1/s1. The van der Waals surface area contributed by atoms with Gasteiger partial charge in [-0.05, 0) is 43.0 Å². The third-order valence-corrected chi connectivity index (χ3v) is 4.89. The number of primary amides is 1. The van der Waals surface area contributed by atoms with Gasteiger partial charge in [-0.15, -0.1) is 0 Å². The van der Waals surface area contributed by atoms with Crippen molar-refractivity contribution in [3.05, 3.63) is 29.3 Å². The zero-order valence-corrected chi connectivity index (χ0v) is 16.1. The van der Waals surface area contributed by atoms with E-state index in [0.29, 0.717) is 13.0 Å². The van der Waals surface area contributed by atoms with Crippen LogP contribution in [0, 0.1) is 0 Å². The first kappa shape index (κ1) is 20.4. The Morgan fingerprint density at radius 2 is 2.15 bits per heavy atom. The van der Waals surface area contributed by atoms with Gasteiger partial charge in [-0.3, -0.25) is 4.79 Å². The van der Waals surface area contributed by atoms with Crippen LogP contribution in [0.25, 0.3) is 0 Å². The van der Waals surface area contributed by atoms with E-state index in [1.807, 2.05) is 37.1 Å². The second-order valence-electron chi connectivity index (χ2n) is 6.93. The molecule has 0 spiro atoms. The van der Waals surface area contributed by atoms with E-state index in [9.17, 15) is 9.90 Å². The normalized spacial score (nSPS) is 19.5. The minimum absolute atomic E-state index is 0.460. The summed E-state index contributed by atoms with van der Waals surface area (Å²) >= 11 is 0. The fourth-order valence-corrected chi connectivity index (χ4v) is 3.21. The average Bonchev–Trinajstić information content (AvgIpc) is 2.92. The van der Waals surface area contributed by atoms with E-state index in [1.54, 1.807) is 0 Å². The van der Waals surface area contributed by atoms with E-state index in [1.165, 1.54) is 12.8 Å². The highest BCUT2D eigenvalue weighted by atomic mass is 16.5. The fourth-order valence-electron chi connectivity index (χ4n) is 3.21. The number of ether oxygens (including phenoxy) is 1. The molecule has 26 heavy (non-hydrogen) atoms. The Hall–Kier alpha value is -1.92. The predicted molar refractivity (Wildman–Crippen MR) is 104 cm³/mol. The van der Waals surface area contributed by atoms with Gasteiger partial charge in [0, 0.05) is 20.2 Å². The van der Waals surface area contributed by atoms with Crippen LogP contribution >= 0.6 is 0 Å². The highest BCUT2D eigenvalue weighted by Gasteiger charge is 2.35. The lowest BCUT2D eigenvalue weighted by Crippen LogP contribution is -2.28. The monoisotopic (exact) mass is 361 g/mol. The quantitative estimate of drug-likeness (QED) is 0.401. The number of aliphatic hydroxyl groups is 1. The number of fused-ring (bicyclic) bond motifs is 1. The molecule has 3 N–H and O–H groups in total. The Balaban J connectivity index is 1.95. The molecular weight excluding hydrogens is 330 g/mol. The van der Waals surface area contributed by atoms with Crippen molar-refractivity contribution in [1.29, 1.82) is 0 Å². The van der Waals surface area contributed by atoms with Crippen molar-refractivity contribution in [1.82, 2.24) is 4.90 Å². The van der Waals surface area contributed by atoms with E-state index in [2.05, 4.69) is 11.9 Å². The molecule has 6 heteroatoms. The number of aliphatic hydroxyl groups excluding tert-OH is 1. The number of rotatable bonds is 9. The van der Waals surface area contributed by atoms with Gasteiger partial charge in [0.25, 0.3) is 0 Å². The number of hydrogen-bond donors (Lipinski definition) is 2. The van der Waals surface area contributed by atoms with Gasteiger partial charge in [0.05, 0.1) is 24.3 Å². The van der Waals surface area contributed by atoms with Crippen molar-refractivity contribution in [2.45, 2.75) is 51.6 Å². The van der Waals surface area contributed by atoms with E-state index in [4.69, 9.17) is 10.5 Å². The molecule has 0 saturated heterocycles. The van der Waals surface area contributed by atoms with E-state index < -0.39 is 17.9 Å². The number of likely N-dealkylation sites (N-methyl/N-ethyl adjacent to an activating group) is 1. The first-order chi connectivity index (χ1) is 12.4. The third-order valence-electron chi connectivity index (χ3n) is 4.89. The van der Waals surface area contributed by atoms with Crippen LogP contribution in [0.5, 0.6) is 0 Å². The first-order valence-electron chi connectivity index (χ1n) is 9.38. The maximum atomic E-state index is 11.6. The van der Waals surface area contributed by atoms with Crippen molar-refractivity contribution in [2.75, 3.05) is 26.8 Å². The lowest BCUT2D eigenvalue weighted by molar-refractivity contribution is -0.121. The summed E-state index contributed by atoms with van der Waals surface area (Å²) in [5, 5.41) is 10.1. The lowest BCUT2D eigenvalue weighted by atomic mass is 9.99. The van der Waals surface area contributed by atoms with Crippen molar-refractivity contribution in [2.24, 2.45) is 10.7 Å². The molecule has 0 heterocycles. The molecule has 0 fully saturated rings. The molecule has 1 amide bonds. The first-order valence-corrected chi connectivity index (χ1v) is 9.38. The van der Waals surface area contributed by atoms with E-state index >= 15 is 0 Å². The average molecular weight is 361 g/mol. The van der Waals surface area contributed by atoms with Crippen LogP contribution < -0.4 is 5.73 Å².